The van der Waals surface area contributed by atoms with Crippen molar-refractivity contribution >= 4 is 18.0 Å². The topological polar surface area (TPSA) is 103 Å². The number of nitrogens with one attached hydrogen (secondary N) is 1. The molecule has 124 valence electrons. The number of benzene rings is 2. The molecule has 0 saturated heterocycles. The lowest BCUT2D eigenvalue weighted by molar-refractivity contribution is -0.119. The van der Waals surface area contributed by atoms with Gasteiger partial charge in [0.2, 0.25) is 0 Å². The summed E-state index contributed by atoms with van der Waals surface area (Å²) in [6.45, 7) is -0.175. The van der Waals surface area contributed by atoms with Gasteiger partial charge in [-0.15, -0.1) is 0 Å². The highest BCUT2D eigenvalue weighted by Crippen LogP contribution is 2.12. The Morgan fingerprint density at radius 2 is 1.71 bits per heavy atom. The molecule has 0 aromatic heterocycles. The molecule has 3 N–H and O–H groups in total. The monoisotopic (exact) mass is 327 g/mol. The molecule has 0 heterocycles. The van der Waals surface area contributed by atoms with Gasteiger partial charge in [0.1, 0.15) is 11.5 Å². The molecule has 0 aliphatic rings. The van der Waals surface area contributed by atoms with Gasteiger partial charge in [0, 0.05) is 5.56 Å². The fraction of sp³-hybridized carbons (Fsp3) is 0.118. The number of hydrogen-bond donors (Lipinski definition) is 2. The van der Waals surface area contributed by atoms with Crippen molar-refractivity contribution in [1.29, 1.82) is 0 Å². The van der Waals surface area contributed by atoms with E-state index in [9.17, 15) is 9.59 Å². The van der Waals surface area contributed by atoms with Crippen molar-refractivity contribution in [3.63, 3.8) is 0 Å². The third kappa shape index (κ3) is 5.13. The summed E-state index contributed by atoms with van der Waals surface area (Å²) in [7, 11) is 1.56. The first-order valence-corrected chi connectivity index (χ1v) is 7.07. The summed E-state index contributed by atoms with van der Waals surface area (Å²) < 4.78 is 10.2. The van der Waals surface area contributed by atoms with Gasteiger partial charge in [-0.05, 0) is 54.1 Å². The number of hydrazone groups is 1. The van der Waals surface area contributed by atoms with Gasteiger partial charge < -0.3 is 15.2 Å². The number of carbonyl (C=O) groups excluding carboxylic acids is 2. The standard InChI is InChI=1S/C17H17N3O4/c1-23-14-8-4-13(5-9-14)17(22)20-19-10-12-2-6-15(7-3-12)24-11-16(18)21/h2-10H,11H2,1H3,(H2,18,21)(H,20,22)/b19-10+. The van der Waals surface area contributed by atoms with Crippen LogP contribution in [0.3, 0.4) is 0 Å². The summed E-state index contributed by atoms with van der Waals surface area (Å²) in [5, 5.41) is 3.89. The minimum Gasteiger partial charge on any atom is -0.497 e. The SMILES string of the molecule is COc1ccc(C(=O)N/N=C/c2ccc(OCC(N)=O)cc2)cc1. The maximum atomic E-state index is 11.9. The highest BCUT2D eigenvalue weighted by atomic mass is 16.5. The zero-order valence-corrected chi connectivity index (χ0v) is 13.1. The largest absolute Gasteiger partial charge is 0.497 e. The molecule has 0 radical (unpaired) electrons. The molecule has 0 spiro atoms. The molecule has 2 rings (SSSR count). The quantitative estimate of drug-likeness (QED) is 0.591. The normalized spacial score (nSPS) is 10.4. The molecule has 7 heteroatoms. The van der Waals surface area contributed by atoms with Crippen LogP contribution in [-0.4, -0.2) is 31.7 Å². The summed E-state index contributed by atoms with van der Waals surface area (Å²) in [4.78, 5) is 22.5. The molecule has 0 saturated carbocycles. The minimum atomic E-state index is -0.540. The van der Waals surface area contributed by atoms with Gasteiger partial charge in [0.25, 0.3) is 11.8 Å². The number of methoxy groups -OCH3 is 1. The second kappa shape index (κ2) is 8.33. The maximum Gasteiger partial charge on any atom is 0.271 e. The van der Waals surface area contributed by atoms with Crippen LogP contribution in [0.5, 0.6) is 11.5 Å². The molecule has 0 fully saturated rings. The number of carbonyl (C=O) groups is 2. The van der Waals surface area contributed by atoms with Crippen LogP contribution in [0.4, 0.5) is 0 Å². The second-order valence-electron chi connectivity index (χ2n) is 4.75. The average molecular weight is 327 g/mol. The molecule has 0 bridgehead atoms. The van der Waals surface area contributed by atoms with Crippen molar-refractivity contribution in [2.24, 2.45) is 10.8 Å². The van der Waals surface area contributed by atoms with Gasteiger partial charge >= 0.3 is 0 Å². The molecule has 2 aromatic carbocycles. The van der Waals surface area contributed by atoms with Crippen LogP contribution in [0.15, 0.2) is 53.6 Å². The Hall–Kier alpha value is -3.35. The van der Waals surface area contributed by atoms with E-state index in [2.05, 4.69) is 10.5 Å². The minimum absolute atomic E-state index is 0.175. The zero-order chi connectivity index (χ0) is 17.4. The van der Waals surface area contributed by atoms with E-state index in [0.717, 1.165) is 5.56 Å². The first-order chi connectivity index (χ1) is 11.6. The smallest absolute Gasteiger partial charge is 0.271 e. The Morgan fingerprint density at radius 1 is 1.08 bits per heavy atom. The van der Waals surface area contributed by atoms with Crippen LogP contribution in [0.1, 0.15) is 15.9 Å². The Balaban J connectivity index is 1.88. The number of nitrogens with zero attached hydrogens (tertiary/aromatic N) is 1. The van der Waals surface area contributed by atoms with Gasteiger partial charge in [0.05, 0.1) is 13.3 Å². The summed E-state index contributed by atoms with van der Waals surface area (Å²) in [6, 6.07) is 13.5. The van der Waals surface area contributed by atoms with E-state index in [0.29, 0.717) is 17.1 Å². The van der Waals surface area contributed by atoms with Gasteiger partial charge in [-0.3, -0.25) is 9.59 Å². The molecular weight excluding hydrogens is 310 g/mol. The number of rotatable bonds is 7. The van der Waals surface area contributed by atoms with Gasteiger partial charge in [-0.1, -0.05) is 0 Å². The molecule has 0 aliphatic carbocycles. The van der Waals surface area contributed by atoms with E-state index in [4.69, 9.17) is 15.2 Å². The predicted molar refractivity (Wildman–Crippen MR) is 89.2 cm³/mol. The zero-order valence-electron chi connectivity index (χ0n) is 13.1. The molecule has 0 aliphatic heterocycles. The molecule has 0 unspecified atom stereocenters. The van der Waals surface area contributed by atoms with Gasteiger partial charge in [-0.25, -0.2) is 5.43 Å². The van der Waals surface area contributed by atoms with E-state index in [1.165, 1.54) is 6.21 Å². The fourth-order valence-corrected chi connectivity index (χ4v) is 1.78. The highest BCUT2D eigenvalue weighted by Gasteiger charge is 2.03. The third-order valence-corrected chi connectivity index (χ3v) is 2.99. The van der Waals surface area contributed by atoms with Crippen LogP contribution in [-0.2, 0) is 4.79 Å². The van der Waals surface area contributed by atoms with E-state index in [-0.39, 0.29) is 12.5 Å². The Labute approximate surface area is 139 Å². The van der Waals surface area contributed by atoms with Crippen LogP contribution in [0.25, 0.3) is 0 Å². The van der Waals surface area contributed by atoms with Crippen LogP contribution in [0, 0.1) is 0 Å². The van der Waals surface area contributed by atoms with Crippen LogP contribution >= 0.6 is 0 Å². The second-order valence-corrected chi connectivity index (χ2v) is 4.75. The average Bonchev–Trinajstić information content (AvgIpc) is 2.61. The van der Waals surface area contributed by atoms with E-state index in [1.54, 1.807) is 55.6 Å². The van der Waals surface area contributed by atoms with Gasteiger partial charge in [0.15, 0.2) is 6.61 Å². The summed E-state index contributed by atoms with van der Waals surface area (Å²) in [5.74, 6) is 0.333. The van der Waals surface area contributed by atoms with E-state index < -0.39 is 5.91 Å². The van der Waals surface area contributed by atoms with Crippen molar-refractivity contribution in [1.82, 2.24) is 5.43 Å². The summed E-state index contributed by atoms with van der Waals surface area (Å²) in [6.07, 6.45) is 1.50. The fourth-order valence-electron chi connectivity index (χ4n) is 1.78. The highest BCUT2D eigenvalue weighted by molar-refractivity contribution is 5.95. The lowest BCUT2D eigenvalue weighted by Gasteiger charge is -2.03. The molecular formula is C17H17N3O4. The summed E-state index contributed by atoms with van der Waals surface area (Å²) >= 11 is 0. The Morgan fingerprint density at radius 3 is 2.29 bits per heavy atom. The number of ether oxygens (including phenoxy) is 2. The third-order valence-electron chi connectivity index (χ3n) is 2.99. The molecule has 2 amide bonds. The lowest BCUT2D eigenvalue weighted by atomic mass is 10.2. The predicted octanol–water partition coefficient (Wildman–Crippen LogP) is 1.32. The maximum absolute atomic E-state index is 11.9. The first-order valence-electron chi connectivity index (χ1n) is 7.07. The number of amides is 2. The van der Waals surface area contributed by atoms with Crippen molar-refractivity contribution in [3.05, 3.63) is 59.7 Å². The molecule has 7 nitrogen and oxygen atoms in total. The van der Waals surface area contributed by atoms with Crippen molar-refractivity contribution in [2.45, 2.75) is 0 Å². The number of nitrogens with two attached hydrogens (primary N) is 1. The Bertz CT molecular complexity index is 725. The molecule has 0 atom stereocenters. The van der Waals surface area contributed by atoms with Crippen LogP contribution < -0.4 is 20.6 Å². The van der Waals surface area contributed by atoms with Crippen molar-refractivity contribution in [3.8, 4) is 11.5 Å². The summed E-state index contributed by atoms with van der Waals surface area (Å²) in [5.41, 5.74) is 8.67. The molecule has 24 heavy (non-hydrogen) atoms. The van der Waals surface area contributed by atoms with E-state index >= 15 is 0 Å². The Kier molecular flexibility index (Phi) is 5.90. The number of primary amides is 1. The van der Waals surface area contributed by atoms with Crippen LogP contribution in [0.2, 0.25) is 0 Å². The number of hydrogen-bond acceptors (Lipinski definition) is 5. The first kappa shape index (κ1) is 17.0. The van der Waals surface area contributed by atoms with Crippen molar-refractivity contribution < 1.29 is 19.1 Å². The van der Waals surface area contributed by atoms with Gasteiger partial charge in [-0.2, -0.15) is 5.10 Å². The van der Waals surface area contributed by atoms with E-state index in [1.807, 2.05) is 0 Å². The molecule has 2 aromatic rings. The lowest BCUT2D eigenvalue weighted by Crippen LogP contribution is -2.20. The van der Waals surface area contributed by atoms with Crippen molar-refractivity contribution in [2.75, 3.05) is 13.7 Å².